The number of aryl methyl sites for hydroxylation is 2. The molecule has 0 bridgehead atoms. The predicted molar refractivity (Wildman–Crippen MR) is 73.5 cm³/mol. The van der Waals surface area contributed by atoms with Crippen LogP contribution in [0, 0.1) is 0 Å². The zero-order chi connectivity index (χ0) is 12.0. The SMILES string of the molecule is CCCc1cc(CCl)c(CCC)cc1CCl. The Kier molecular flexibility index (Phi) is 6.23. The van der Waals surface area contributed by atoms with Crippen LogP contribution in [-0.2, 0) is 24.6 Å². The molecule has 0 spiro atoms. The lowest BCUT2D eigenvalue weighted by Crippen LogP contribution is -1.99. The maximum Gasteiger partial charge on any atom is 0.0476 e. The van der Waals surface area contributed by atoms with Crippen molar-refractivity contribution < 1.29 is 0 Å². The van der Waals surface area contributed by atoms with Gasteiger partial charge in [-0.15, -0.1) is 23.2 Å². The van der Waals surface area contributed by atoms with Gasteiger partial charge in [0.05, 0.1) is 0 Å². The molecule has 2 heteroatoms. The summed E-state index contributed by atoms with van der Waals surface area (Å²) in [6, 6.07) is 4.50. The third-order valence-electron chi connectivity index (χ3n) is 2.85. The zero-order valence-corrected chi connectivity index (χ0v) is 11.7. The van der Waals surface area contributed by atoms with E-state index in [0.717, 1.165) is 25.7 Å². The van der Waals surface area contributed by atoms with Gasteiger partial charge in [0, 0.05) is 11.8 Å². The second-order valence-electron chi connectivity index (χ2n) is 4.16. The van der Waals surface area contributed by atoms with E-state index in [0.29, 0.717) is 11.8 Å². The Bertz CT molecular complexity index is 298. The van der Waals surface area contributed by atoms with E-state index in [1.54, 1.807) is 0 Å². The van der Waals surface area contributed by atoms with Gasteiger partial charge in [-0.05, 0) is 35.1 Å². The molecular formula is C14H20Cl2. The van der Waals surface area contributed by atoms with Crippen LogP contribution in [0.4, 0.5) is 0 Å². The summed E-state index contributed by atoms with van der Waals surface area (Å²) in [5.74, 6) is 1.21. The van der Waals surface area contributed by atoms with Gasteiger partial charge in [0.1, 0.15) is 0 Å². The molecule has 0 amide bonds. The first-order chi connectivity index (χ1) is 7.76. The van der Waals surface area contributed by atoms with Gasteiger partial charge in [-0.1, -0.05) is 38.8 Å². The minimum absolute atomic E-state index is 0.606. The largest absolute Gasteiger partial charge is 0.122 e. The number of rotatable bonds is 6. The van der Waals surface area contributed by atoms with Crippen molar-refractivity contribution in [2.45, 2.75) is 51.3 Å². The Hall–Kier alpha value is -0.200. The lowest BCUT2D eigenvalue weighted by Gasteiger charge is -2.13. The van der Waals surface area contributed by atoms with Crippen LogP contribution in [-0.4, -0.2) is 0 Å². The molecule has 0 unspecified atom stereocenters. The topological polar surface area (TPSA) is 0 Å². The molecule has 0 saturated heterocycles. The number of halogens is 2. The Labute approximate surface area is 109 Å². The summed E-state index contributed by atoms with van der Waals surface area (Å²) in [4.78, 5) is 0. The van der Waals surface area contributed by atoms with Crippen LogP contribution in [0.5, 0.6) is 0 Å². The molecule has 0 saturated carbocycles. The first kappa shape index (κ1) is 13.9. The van der Waals surface area contributed by atoms with E-state index in [9.17, 15) is 0 Å². The van der Waals surface area contributed by atoms with Gasteiger partial charge in [-0.2, -0.15) is 0 Å². The quantitative estimate of drug-likeness (QED) is 0.626. The van der Waals surface area contributed by atoms with E-state index in [1.807, 2.05) is 0 Å². The Balaban J connectivity index is 3.11. The van der Waals surface area contributed by atoms with Gasteiger partial charge in [-0.3, -0.25) is 0 Å². The molecule has 0 radical (unpaired) electrons. The van der Waals surface area contributed by atoms with E-state index in [2.05, 4.69) is 26.0 Å². The average Bonchev–Trinajstić information content (AvgIpc) is 2.31. The van der Waals surface area contributed by atoms with Crippen molar-refractivity contribution >= 4 is 23.2 Å². The molecule has 0 atom stereocenters. The summed E-state index contributed by atoms with van der Waals surface area (Å²) in [5.41, 5.74) is 5.29. The smallest absolute Gasteiger partial charge is 0.0476 e. The highest BCUT2D eigenvalue weighted by Gasteiger charge is 2.08. The number of alkyl halides is 2. The highest BCUT2D eigenvalue weighted by Crippen LogP contribution is 2.23. The Morgan fingerprint density at radius 3 is 1.38 bits per heavy atom. The van der Waals surface area contributed by atoms with Crippen LogP contribution in [0.1, 0.15) is 48.9 Å². The predicted octanol–water partition coefficient (Wildman–Crippen LogP) is 5.07. The van der Waals surface area contributed by atoms with Crippen molar-refractivity contribution in [2.75, 3.05) is 0 Å². The second kappa shape index (κ2) is 7.19. The van der Waals surface area contributed by atoms with E-state index in [1.165, 1.54) is 22.3 Å². The van der Waals surface area contributed by atoms with Crippen LogP contribution in [0.3, 0.4) is 0 Å². The minimum atomic E-state index is 0.606. The van der Waals surface area contributed by atoms with Crippen LogP contribution in [0.15, 0.2) is 12.1 Å². The van der Waals surface area contributed by atoms with Crippen molar-refractivity contribution in [3.63, 3.8) is 0 Å². The molecule has 0 aromatic heterocycles. The fourth-order valence-electron chi connectivity index (χ4n) is 2.04. The fraction of sp³-hybridized carbons (Fsp3) is 0.571. The maximum atomic E-state index is 6.00. The highest BCUT2D eigenvalue weighted by molar-refractivity contribution is 6.17. The molecule has 1 aromatic carbocycles. The second-order valence-corrected chi connectivity index (χ2v) is 4.69. The number of benzene rings is 1. The van der Waals surface area contributed by atoms with Crippen molar-refractivity contribution in [1.29, 1.82) is 0 Å². The van der Waals surface area contributed by atoms with Crippen LogP contribution >= 0.6 is 23.2 Å². The van der Waals surface area contributed by atoms with E-state index in [-0.39, 0.29) is 0 Å². The molecule has 0 aliphatic carbocycles. The molecule has 0 nitrogen and oxygen atoms in total. The molecule has 0 heterocycles. The summed E-state index contributed by atoms with van der Waals surface area (Å²) in [6.45, 7) is 4.39. The van der Waals surface area contributed by atoms with Crippen LogP contribution in [0.2, 0.25) is 0 Å². The highest BCUT2D eigenvalue weighted by atomic mass is 35.5. The minimum Gasteiger partial charge on any atom is -0.122 e. The Morgan fingerprint density at radius 1 is 0.750 bits per heavy atom. The summed E-state index contributed by atoms with van der Waals surface area (Å²) in [6.07, 6.45) is 4.49. The molecular weight excluding hydrogens is 239 g/mol. The van der Waals surface area contributed by atoms with Gasteiger partial charge in [-0.25, -0.2) is 0 Å². The summed E-state index contributed by atoms with van der Waals surface area (Å²) < 4.78 is 0. The zero-order valence-electron chi connectivity index (χ0n) is 10.2. The van der Waals surface area contributed by atoms with Gasteiger partial charge in [0.2, 0.25) is 0 Å². The number of hydrogen-bond donors (Lipinski definition) is 0. The molecule has 1 aromatic rings. The molecule has 16 heavy (non-hydrogen) atoms. The first-order valence-corrected chi connectivity index (χ1v) is 7.09. The standard InChI is InChI=1S/C14H20Cl2/c1-3-5-11-7-14(10-16)12(6-4-2)8-13(11)9-15/h7-8H,3-6,9-10H2,1-2H3. The number of hydrogen-bond acceptors (Lipinski definition) is 0. The van der Waals surface area contributed by atoms with E-state index >= 15 is 0 Å². The van der Waals surface area contributed by atoms with Crippen molar-refractivity contribution in [3.8, 4) is 0 Å². The monoisotopic (exact) mass is 258 g/mol. The van der Waals surface area contributed by atoms with Gasteiger partial charge >= 0.3 is 0 Å². The summed E-state index contributed by atoms with van der Waals surface area (Å²) in [5, 5.41) is 0. The average molecular weight is 259 g/mol. The molecule has 0 N–H and O–H groups in total. The van der Waals surface area contributed by atoms with Crippen molar-refractivity contribution in [1.82, 2.24) is 0 Å². The van der Waals surface area contributed by atoms with E-state index < -0.39 is 0 Å². The van der Waals surface area contributed by atoms with Crippen molar-refractivity contribution in [3.05, 3.63) is 34.4 Å². The summed E-state index contributed by atoms with van der Waals surface area (Å²) >= 11 is 12.0. The van der Waals surface area contributed by atoms with Gasteiger partial charge in [0.15, 0.2) is 0 Å². The molecule has 1 rings (SSSR count). The normalized spacial score (nSPS) is 10.8. The molecule has 0 fully saturated rings. The van der Waals surface area contributed by atoms with Crippen molar-refractivity contribution in [2.24, 2.45) is 0 Å². The van der Waals surface area contributed by atoms with Crippen LogP contribution < -0.4 is 0 Å². The van der Waals surface area contributed by atoms with Crippen LogP contribution in [0.25, 0.3) is 0 Å². The first-order valence-electron chi connectivity index (χ1n) is 6.02. The molecule has 0 aliphatic rings. The summed E-state index contributed by atoms with van der Waals surface area (Å²) in [7, 11) is 0. The molecule has 90 valence electrons. The third-order valence-corrected chi connectivity index (χ3v) is 3.42. The van der Waals surface area contributed by atoms with Gasteiger partial charge < -0.3 is 0 Å². The van der Waals surface area contributed by atoms with E-state index in [4.69, 9.17) is 23.2 Å². The molecule has 0 aliphatic heterocycles. The lowest BCUT2D eigenvalue weighted by molar-refractivity contribution is 0.883. The third kappa shape index (κ3) is 3.40. The lowest BCUT2D eigenvalue weighted by atomic mass is 9.95. The maximum absolute atomic E-state index is 6.00. The fourth-order valence-corrected chi connectivity index (χ4v) is 2.54. The van der Waals surface area contributed by atoms with Gasteiger partial charge in [0.25, 0.3) is 0 Å². The Morgan fingerprint density at radius 2 is 1.12 bits per heavy atom.